The van der Waals surface area contributed by atoms with Crippen LogP contribution in [0.2, 0.25) is 0 Å². The van der Waals surface area contributed by atoms with E-state index in [4.69, 9.17) is 9.47 Å². The molecule has 1 N–H and O–H groups in total. The molecule has 0 spiro atoms. The van der Waals surface area contributed by atoms with Gasteiger partial charge in [-0.2, -0.15) is 0 Å². The van der Waals surface area contributed by atoms with Gasteiger partial charge in [-0.15, -0.1) is 0 Å². The Hall–Kier alpha value is -0.910. The Bertz CT molecular complexity index is 367. The van der Waals surface area contributed by atoms with Crippen molar-refractivity contribution in [2.24, 2.45) is 0 Å². The van der Waals surface area contributed by atoms with Crippen LogP contribution in [0.25, 0.3) is 0 Å². The van der Waals surface area contributed by atoms with Crippen LogP contribution >= 0.6 is 0 Å². The summed E-state index contributed by atoms with van der Waals surface area (Å²) in [6.07, 6.45) is 4.93. The quantitative estimate of drug-likeness (QED) is 0.831. The van der Waals surface area contributed by atoms with Crippen molar-refractivity contribution in [2.75, 3.05) is 20.3 Å². The first-order valence-corrected chi connectivity index (χ1v) is 6.63. The molecule has 5 heteroatoms. The Balaban J connectivity index is 2.03. The first-order chi connectivity index (χ1) is 8.76. The molecule has 0 bridgehead atoms. The summed E-state index contributed by atoms with van der Waals surface area (Å²) in [5.74, 6) is 1.03. The average Bonchev–Trinajstić information content (AvgIpc) is 2.96. The molecule has 0 saturated carbocycles. The fraction of sp³-hybridized carbons (Fsp3) is 0.769. The summed E-state index contributed by atoms with van der Waals surface area (Å²) in [4.78, 5) is 4.44. The molecule has 0 amide bonds. The Morgan fingerprint density at radius 3 is 3.22 bits per heavy atom. The Morgan fingerprint density at radius 2 is 2.50 bits per heavy atom. The van der Waals surface area contributed by atoms with Gasteiger partial charge in [0.2, 0.25) is 0 Å². The first kappa shape index (κ1) is 13.5. The van der Waals surface area contributed by atoms with E-state index in [0.717, 1.165) is 25.4 Å². The van der Waals surface area contributed by atoms with E-state index in [-0.39, 0.29) is 6.10 Å². The highest BCUT2D eigenvalue weighted by molar-refractivity contribution is 5.03. The van der Waals surface area contributed by atoms with Crippen molar-refractivity contribution in [2.45, 2.75) is 45.0 Å². The third-order valence-electron chi connectivity index (χ3n) is 3.35. The van der Waals surface area contributed by atoms with Gasteiger partial charge in [-0.1, -0.05) is 0 Å². The molecule has 1 saturated heterocycles. The normalized spacial score (nSPS) is 25.5. The molecule has 18 heavy (non-hydrogen) atoms. The third kappa shape index (κ3) is 2.91. The van der Waals surface area contributed by atoms with Gasteiger partial charge >= 0.3 is 0 Å². The maximum atomic E-state index is 5.84. The Morgan fingerprint density at radius 1 is 1.67 bits per heavy atom. The standard InChI is InChI=1S/C13H23N3O2/c1-4-16-7-6-14-13(16)12-11(5-8-18-12)15-10(2)9-17-3/h6-7,10-12,15H,4-5,8-9H2,1-3H3/t10-,11-,12-/m0/s1. The summed E-state index contributed by atoms with van der Waals surface area (Å²) < 4.78 is 13.1. The Kier molecular flexibility index (Phi) is 4.74. The van der Waals surface area contributed by atoms with Gasteiger partial charge in [-0.25, -0.2) is 4.98 Å². The number of hydrogen-bond donors (Lipinski definition) is 1. The molecule has 1 aromatic heterocycles. The van der Waals surface area contributed by atoms with E-state index in [9.17, 15) is 0 Å². The largest absolute Gasteiger partial charge is 0.383 e. The molecule has 1 aliphatic heterocycles. The lowest BCUT2D eigenvalue weighted by Gasteiger charge is -2.23. The van der Waals surface area contributed by atoms with Crippen LogP contribution in [0.1, 0.15) is 32.2 Å². The molecule has 0 unspecified atom stereocenters. The number of hydrogen-bond acceptors (Lipinski definition) is 4. The lowest BCUT2D eigenvalue weighted by atomic mass is 10.1. The van der Waals surface area contributed by atoms with E-state index in [1.54, 1.807) is 7.11 Å². The highest BCUT2D eigenvalue weighted by atomic mass is 16.5. The monoisotopic (exact) mass is 253 g/mol. The van der Waals surface area contributed by atoms with E-state index < -0.39 is 0 Å². The third-order valence-corrected chi connectivity index (χ3v) is 3.35. The van der Waals surface area contributed by atoms with Crippen molar-refractivity contribution in [1.29, 1.82) is 0 Å². The summed E-state index contributed by atoms with van der Waals surface area (Å²) in [7, 11) is 1.73. The highest BCUT2D eigenvalue weighted by Gasteiger charge is 2.33. The predicted octanol–water partition coefficient (Wildman–Crippen LogP) is 1.36. The number of aromatic nitrogens is 2. The molecular weight excluding hydrogens is 230 g/mol. The van der Waals surface area contributed by atoms with Gasteiger partial charge in [0.25, 0.3) is 0 Å². The number of rotatable bonds is 6. The zero-order valence-corrected chi connectivity index (χ0v) is 11.4. The molecule has 0 aliphatic carbocycles. The van der Waals surface area contributed by atoms with E-state index in [2.05, 4.69) is 28.7 Å². The molecule has 3 atom stereocenters. The van der Waals surface area contributed by atoms with Gasteiger partial charge in [0.1, 0.15) is 11.9 Å². The van der Waals surface area contributed by atoms with Crippen LogP contribution in [0.3, 0.4) is 0 Å². The molecule has 0 radical (unpaired) electrons. The topological polar surface area (TPSA) is 48.3 Å². The smallest absolute Gasteiger partial charge is 0.139 e. The average molecular weight is 253 g/mol. The number of nitrogens with one attached hydrogen (secondary N) is 1. The minimum atomic E-state index is 0.0549. The summed E-state index contributed by atoms with van der Waals surface area (Å²) in [6, 6.07) is 0.650. The van der Waals surface area contributed by atoms with Crippen molar-refractivity contribution in [3.8, 4) is 0 Å². The molecule has 0 aromatic carbocycles. The summed E-state index contributed by atoms with van der Waals surface area (Å²) in [5, 5.41) is 3.57. The number of methoxy groups -OCH3 is 1. The minimum Gasteiger partial charge on any atom is -0.383 e. The van der Waals surface area contributed by atoms with Crippen molar-refractivity contribution >= 4 is 0 Å². The van der Waals surface area contributed by atoms with Crippen LogP contribution in [0.4, 0.5) is 0 Å². The van der Waals surface area contributed by atoms with Crippen molar-refractivity contribution < 1.29 is 9.47 Å². The molecule has 1 aromatic rings. The van der Waals surface area contributed by atoms with E-state index in [1.807, 2.05) is 12.4 Å². The molecule has 102 valence electrons. The maximum absolute atomic E-state index is 5.84. The maximum Gasteiger partial charge on any atom is 0.139 e. The van der Waals surface area contributed by atoms with Crippen LogP contribution in [0.15, 0.2) is 12.4 Å². The van der Waals surface area contributed by atoms with Crippen LogP contribution in [0.5, 0.6) is 0 Å². The second kappa shape index (κ2) is 6.31. The van der Waals surface area contributed by atoms with E-state index in [0.29, 0.717) is 18.7 Å². The fourth-order valence-corrected chi connectivity index (χ4v) is 2.52. The van der Waals surface area contributed by atoms with Gasteiger partial charge in [0.15, 0.2) is 0 Å². The van der Waals surface area contributed by atoms with E-state index >= 15 is 0 Å². The summed E-state index contributed by atoms with van der Waals surface area (Å²) in [5.41, 5.74) is 0. The molecule has 2 heterocycles. The SMILES string of the molecule is CCn1ccnc1[C@H]1OCC[C@@H]1N[C@@H](C)COC. The molecular formula is C13H23N3O2. The zero-order valence-electron chi connectivity index (χ0n) is 11.4. The predicted molar refractivity (Wildman–Crippen MR) is 69.5 cm³/mol. The lowest BCUT2D eigenvalue weighted by molar-refractivity contribution is 0.0823. The molecule has 5 nitrogen and oxygen atoms in total. The second-order valence-corrected chi connectivity index (χ2v) is 4.78. The fourth-order valence-electron chi connectivity index (χ4n) is 2.52. The highest BCUT2D eigenvalue weighted by Crippen LogP contribution is 2.28. The Labute approximate surface area is 108 Å². The van der Waals surface area contributed by atoms with Crippen LogP contribution < -0.4 is 5.32 Å². The number of nitrogens with zero attached hydrogens (tertiary/aromatic N) is 2. The van der Waals surface area contributed by atoms with Gasteiger partial charge in [-0.3, -0.25) is 0 Å². The van der Waals surface area contributed by atoms with Crippen LogP contribution in [-0.4, -0.2) is 42.0 Å². The van der Waals surface area contributed by atoms with Crippen molar-refractivity contribution in [3.05, 3.63) is 18.2 Å². The van der Waals surface area contributed by atoms with Gasteiger partial charge in [-0.05, 0) is 20.3 Å². The van der Waals surface area contributed by atoms with Crippen molar-refractivity contribution in [1.82, 2.24) is 14.9 Å². The van der Waals surface area contributed by atoms with E-state index in [1.165, 1.54) is 0 Å². The van der Waals surface area contributed by atoms with Gasteiger partial charge in [0, 0.05) is 44.7 Å². The summed E-state index contributed by atoms with van der Waals surface area (Å²) >= 11 is 0. The number of imidazole rings is 1. The molecule has 1 aliphatic rings. The van der Waals surface area contributed by atoms with Crippen molar-refractivity contribution in [3.63, 3.8) is 0 Å². The second-order valence-electron chi connectivity index (χ2n) is 4.78. The number of ether oxygens (including phenoxy) is 2. The zero-order chi connectivity index (χ0) is 13.0. The summed E-state index contributed by atoms with van der Waals surface area (Å²) in [6.45, 7) is 6.68. The van der Waals surface area contributed by atoms with Crippen LogP contribution in [-0.2, 0) is 16.0 Å². The minimum absolute atomic E-state index is 0.0549. The lowest BCUT2D eigenvalue weighted by Crippen LogP contribution is -2.41. The molecule has 2 rings (SSSR count). The van der Waals surface area contributed by atoms with Crippen LogP contribution in [0, 0.1) is 0 Å². The molecule has 1 fully saturated rings. The van der Waals surface area contributed by atoms with Gasteiger partial charge in [0.05, 0.1) is 6.61 Å². The first-order valence-electron chi connectivity index (χ1n) is 6.63. The number of aryl methyl sites for hydroxylation is 1. The van der Waals surface area contributed by atoms with Gasteiger partial charge < -0.3 is 19.4 Å².